The summed E-state index contributed by atoms with van der Waals surface area (Å²) in [4.78, 5) is 15.5. The molecule has 6 nitrogen and oxygen atoms in total. The maximum atomic E-state index is 13.5. The van der Waals surface area contributed by atoms with Crippen molar-refractivity contribution in [2.45, 2.75) is 25.3 Å². The van der Waals surface area contributed by atoms with Crippen LogP contribution in [0.1, 0.15) is 46.1 Å². The van der Waals surface area contributed by atoms with E-state index in [1.165, 1.54) is 5.56 Å². The highest BCUT2D eigenvalue weighted by molar-refractivity contribution is 6.30. The van der Waals surface area contributed by atoms with E-state index in [0.29, 0.717) is 17.0 Å². The highest BCUT2D eigenvalue weighted by atomic mass is 35.5. The minimum Gasteiger partial charge on any atom is -0.332 e. The van der Waals surface area contributed by atoms with Crippen LogP contribution in [0.5, 0.6) is 0 Å². The lowest BCUT2D eigenvalue weighted by Gasteiger charge is -2.25. The zero-order valence-corrected chi connectivity index (χ0v) is 19.6. The number of aromatic amines is 1. The van der Waals surface area contributed by atoms with Crippen molar-refractivity contribution in [3.05, 3.63) is 94.3 Å². The molecule has 6 rings (SSSR count). The van der Waals surface area contributed by atoms with Crippen LogP contribution in [0, 0.1) is 0 Å². The molecule has 0 saturated carbocycles. The number of fused-ring (bicyclic) bond motifs is 2. The third-order valence-electron chi connectivity index (χ3n) is 6.84. The van der Waals surface area contributed by atoms with Gasteiger partial charge in [-0.2, -0.15) is 10.2 Å². The fourth-order valence-corrected chi connectivity index (χ4v) is 5.17. The van der Waals surface area contributed by atoms with Crippen LogP contribution in [0.3, 0.4) is 0 Å². The van der Waals surface area contributed by atoms with Gasteiger partial charge in [-0.1, -0.05) is 35.9 Å². The fraction of sp³-hybridized carbons (Fsp3) is 0.222. The van der Waals surface area contributed by atoms with Gasteiger partial charge in [0.2, 0.25) is 0 Å². The van der Waals surface area contributed by atoms with Gasteiger partial charge in [-0.05, 0) is 60.4 Å². The average molecular weight is 470 g/mol. The van der Waals surface area contributed by atoms with Crippen LogP contribution in [0.4, 0.5) is 0 Å². The lowest BCUT2D eigenvalue weighted by molar-refractivity contribution is 0.0736. The van der Waals surface area contributed by atoms with Crippen LogP contribution < -0.4 is 0 Å². The molecule has 0 aliphatic carbocycles. The SMILES string of the molecule is Cn1ncc2ccc(Cc3[nH]nc4ccc(C(=O)N5CCC[C@H]5c5ccc(Cl)cc5)cc34)cc21. The van der Waals surface area contributed by atoms with E-state index in [1.807, 2.05) is 65.3 Å². The molecule has 0 spiro atoms. The molecule has 1 fully saturated rings. The molecule has 1 aliphatic heterocycles. The van der Waals surface area contributed by atoms with Crippen molar-refractivity contribution < 1.29 is 4.79 Å². The summed E-state index contributed by atoms with van der Waals surface area (Å²) < 4.78 is 1.88. The molecular formula is C27H24ClN5O. The Hall–Kier alpha value is -3.64. The highest BCUT2D eigenvalue weighted by Gasteiger charge is 2.30. The minimum atomic E-state index is 0.0582. The number of aromatic nitrogens is 4. The smallest absolute Gasteiger partial charge is 0.254 e. The van der Waals surface area contributed by atoms with E-state index in [-0.39, 0.29) is 11.9 Å². The summed E-state index contributed by atoms with van der Waals surface area (Å²) in [6.45, 7) is 0.757. The van der Waals surface area contributed by atoms with Gasteiger partial charge in [-0.25, -0.2) is 0 Å². The zero-order chi connectivity index (χ0) is 23.2. The van der Waals surface area contributed by atoms with Gasteiger partial charge in [0.15, 0.2) is 0 Å². The average Bonchev–Trinajstić information content (AvgIpc) is 3.58. The third kappa shape index (κ3) is 3.64. The lowest BCUT2D eigenvalue weighted by Crippen LogP contribution is -2.30. The molecule has 1 amide bonds. The normalized spacial score (nSPS) is 16.1. The number of hydrogen-bond donors (Lipinski definition) is 1. The van der Waals surface area contributed by atoms with E-state index >= 15 is 0 Å². The molecule has 1 saturated heterocycles. The predicted octanol–water partition coefficient (Wildman–Crippen LogP) is 5.67. The maximum Gasteiger partial charge on any atom is 0.254 e. The molecule has 7 heteroatoms. The molecule has 34 heavy (non-hydrogen) atoms. The van der Waals surface area contributed by atoms with E-state index in [4.69, 9.17) is 11.6 Å². The second kappa shape index (κ2) is 8.29. The number of carbonyl (C=O) groups excluding carboxylic acids is 1. The van der Waals surface area contributed by atoms with Crippen molar-refractivity contribution in [1.29, 1.82) is 0 Å². The van der Waals surface area contributed by atoms with E-state index in [9.17, 15) is 4.79 Å². The van der Waals surface area contributed by atoms with Gasteiger partial charge < -0.3 is 4.90 Å². The quantitative estimate of drug-likeness (QED) is 0.368. The molecule has 1 N–H and O–H groups in total. The van der Waals surface area contributed by atoms with Gasteiger partial charge in [0.25, 0.3) is 5.91 Å². The first-order valence-corrected chi connectivity index (χ1v) is 11.9. The number of likely N-dealkylation sites (tertiary alicyclic amines) is 1. The standard InChI is InChI=1S/C27H24ClN5O/c1-32-26-14-17(4-5-20(26)16-29-32)13-24-22-15-19(8-11-23(22)30-31-24)27(34)33-12-2-3-25(33)18-6-9-21(28)10-7-18/h4-11,14-16,25H,2-3,12-13H2,1H3,(H,30,31)/t25-/m0/s1. The molecule has 0 unspecified atom stereocenters. The first-order chi connectivity index (χ1) is 16.6. The Morgan fingerprint density at radius 3 is 2.82 bits per heavy atom. The Bertz CT molecular complexity index is 1520. The van der Waals surface area contributed by atoms with Crippen LogP contribution in [0.25, 0.3) is 21.8 Å². The third-order valence-corrected chi connectivity index (χ3v) is 7.09. The highest BCUT2D eigenvalue weighted by Crippen LogP contribution is 2.34. The van der Waals surface area contributed by atoms with E-state index in [2.05, 4.69) is 33.5 Å². The first kappa shape index (κ1) is 20.9. The van der Waals surface area contributed by atoms with Gasteiger partial charge in [0.1, 0.15) is 0 Å². The number of nitrogens with zero attached hydrogens (tertiary/aromatic N) is 4. The Morgan fingerprint density at radius 1 is 1.12 bits per heavy atom. The minimum absolute atomic E-state index is 0.0582. The van der Waals surface area contributed by atoms with Crippen molar-refractivity contribution >= 4 is 39.3 Å². The van der Waals surface area contributed by atoms with Crippen LogP contribution >= 0.6 is 11.6 Å². The number of halogens is 1. The summed E-state index contributed by atoms with van der Waals surface area (Å²) in [5, 5.41) is 14.8. The van der Waals surface area contributed by atoms with E-state index in [1.54, 1.807) is 0 Å². The van der Waals surface area contributed by atoms with Gasteiger partial charge in [0.05, 0.1) is 23.3 Å². The Kier molecular flexibility index (Phi) is 5.11. The molecule has 0 bridgehead atoms. The summed E-state index contributed by atoms with van der Waals surface area (Å²) >= 11 is 6.07. The topological polar surface area (TPSA) is 66.8 Å². The second-order valence-electron chi connectivity index (χ2n) is 8.98. The number of aryl methyl sites for hydroxylation is 1. The molecule has 5 aromatic rings. The maximum absolute atomic E-state index is 13.5. The van der Waals surface area contributed by atoms with Gasteiger partial charge in [-0.3, -0.25) is 14.6 Å². The van der Waals surface area contributed by atoms with E-state index in [0.717, 1.165) is 52.4 Å². The van der Waals surface area contributed by atoms with E-state index < -0.39 is 0 Å². The number of carbonyl (C=O) groups is 1. The molecule has 170 valence electrons. The summed E-state index contributed by atoms with van der Waals surface area (Å²) in [7, 11) is 1.95. The number of H-pyrrole nitrogens is 1. The van der Waals surface area contributed by atoms with Crippen molar-refractivity contribution in [3.63, 3.8) is 0 Å². The number of rotatable bonds is 4. The van der Waals surface area contributed by atoms with Crippen molar-refractivity contribution in [1.82, 2.24) is 24.9 Å². The number of amides is 1. The molecule has 2 aromatic heterocycles. The molecule has 1 atom stereocenters. The van der Waals surface area contributed by atoms with Crippen molar-refractivity contribution in [2.75, 3.05) is 6.54 Å². The summed E-state index contributed by atoms with van der Waals surface area (Å²) in [5.41, 5.74) is 5.95. The van der Waals surface area contributed by atoms with Crippen LogP contribution in [0.15, 0.2) is 66.9 Å². The Morgan fingerprint density at radius 2 is 1.97 bits per heavy atom. The molecule has 3 aromatic carbocycles. The fourth-order valence-electron chi connectivity index (χ4n) is 5.04. The van der Waals surface area contributed by atoms with Gasteiger partial charge in [-0.15, -0.1) is 0 Å². The van der Waals surface area contributed by atoms with Crippen LogP contribution in [-0.2, 0) is 13.5 Å². The molecule has 3 heterocycles. The Labute approximate surface area is 202 Å². The number of hydrogen-bond acceptors (Lipinski definition) is 3. The Balaban J connectivity index is 1.30. The second-order valence-corrected chi connectivity index (χ2v) is 9.42. The molecule has 0 radical (unpaired) electrons. The predicted molar refractivity (Wildman–Crippen MR) is 134 cm³/mol. The van der Waals surface area contributed by atoms with Gasteiger partial charge in [0, 0.05) is 47.1 Å². The zero-order valence-electron chi connectivity index (χ0n) is 18.8. The lowest BCUT2D eigenvalue weighted by atomic mass is 10.0. The summed E-state index contributed by atoms with van der Waals surface area (Å²) in [6, 6.07) is 20.1. The number of benzene rings is 3. The largest absolute Gasteiger partial charge is 0.332 e. The van der Waals surface area contributed by atoms with Crippen LogP contribution in [-0.4, -0.2) is 37.3 Å². The summed E-state index contributed by atoms with van der Waals surface area (Å²) in [6.07, 6.45) is 4.53. The number of nitrogens with one attached hydrogen (secondary N) is 1. The molecule has 1 aliphatic rings. The summed E-state index contributed by atoms with van der Waals surface area (Å²) in [5.74, 6) is 0.0582. The monoisotopic (exact) mass is 469 g/mol. The molecular weight excluding hydrogens is 446 g/mol. The van der Waals surface area contributed by atoms with Crippen molar-refractivity contribution in [2.24, 2.45) is 7.05 Å². The van der Waals surface area contributed by atoms with Crippen molar-refractivity contribution in [3.8, 4) is 0 Å². The first-order valence-electron chi connectivity index (χ1n) is 11.5. The van der Waals surface area contributed by atoms with Gasteiger partial charge >= 0.3 is 0 Å². The van der Waals surface area contributed by atoms with Crippen LogP contribution in [0.2, 0.25) is 5.02 Å².